The van der Waals surface area contributed by atoms with Crippen LogP contribution in [0.5, 0.6) is 0 Å². The summed E-state index contributed by atoms with van der Waals surface area (Å²) >= 11 is 0. The third-order valence-electron chi connectivity index (χ3n) is 4.20. The van der Waals surface area contributed by atoms with Gasteiger partial charge in [0.2, 0.25) is 0 Å². The van der Waals surface area contributed by atoms with Crippen LogP contribution in [0, 0.1) is 13.8 Å². The normalized spacial score (nSPS) is 30.7. The molecule has 2 heterocycles. The fourth-order valence-electron chi connectivity index (χ4n) is 3.51. The first kappa shape index (κ1) is 12.2. The highest BCUT2D eigenvalue weighted by molar-refractivity contribution is 5.28. The van der Waals surface area contributed by atoms with Crippen LogP contribution < -0.4 is 5.32 Å². The molecule has 18 heavy (non-hydrogen) atoms. The molecule has 0 aliphatic carbocycles. The van der Waals surface area contributed by atoms with Gasteiger partial charge in [0.15, 0.2) is 0 Å². The van der Waals surface area contributed by atoms with E-state index in [1.807, 2.05) is 0 Å². The van der Waals surface area contributed by atoms with E-state index in [0.29, 0.717) is 18.2 Å². The lowest BCUT2D eigenvalue weighted by Gasteiger charge is -2.29. The Morgan fingerprint density at radius 3 is 2.28 bits per heavy atom. The molecule has 2 bridgehead atoms. The van der Waals surface area contributed by atoms with Gasteiger partial charge in [-0.05, 0) is 45.1 Å². The largest absolute Gasteiger partial charge is 0.373 e. The van der Waals surface area contributed by atoms with Crippen LogP contribution in [0.25, 0.3) is 0 Å². The smallest absolute Gasteiger partial charge is 0.0720 e. The average Bonchev–Trinajstić information content (AvgIpc) is 2.65. The summed E-state index contributed by atoms with van der Waals surface area (Å²) in [6.07, 6.45) is 5.54. The number of hydrogen-bond donors (Lipinski definition) is 1. The molecule has 2 nitrogen and oxygen atoms in total. The van der Waals surface area contributed by atoms with Crippen LogP contribution in [0.3, 0.4) is 0 Å². The SMILES string of the molecule is Cc1cc(C)cc(COC2CC3CCC(C2)N3)c1. The van der Waals surface area contributed by atoms with Gasteiger partial charge >= 0.3 is 0 Å². The monoisotopic (exact) mass is 245 g/mol. The number of benzene rings is 1. The maximum Gasteiger partial charge on any atom is 0.0720 e. The standard InChI is InChI=1S/C16H23NO/c1-11-5-12(2)7-13(6-11)10-18-16-8-14-3-4-15(9-16)17-14/h5-7,14-17H,3-4,8-10H2,1-2H3. The van der Waals surface area contributed by atoms with Gasteiger partial charge in [-0.25, -0.2) is 0 Å². The fraction of sp³-hybridized carbons (Fsp3) is 0.625. The Bertz CT molecular complexity index is 397. The first-order valence-corrected chi connectivity index (χ1v) is 7.14. The molecule has 2 atom stereocenters. The van der Waals surface area contributed by atoms with Crippen LogP contribution in [0.2, 0.25) is 0 Å². The Hall–Kier alpha value is -0.860. The summed E-state index contributed by atoms with van der Waals surface area (Å²) < 4.78 is 6.12. The molecule has 2 saturated heterocycles. The van der Waals surface area contributed by atoms with Gasteiger partial charge in [-0.15, -0.1) is 0 Å². The highest BCUT2D eigenvalue weighted by Gasteiger charge is 2.33. The van der Waals surface area contributed by atoms with E-state index in [2.05, 4.69) is 37.4 Å². The minimum absolute atomic E-state index is 0.463. The molecule has 2 aliphatic heterocycles. The molecule has 98 valence electrons. The van der Waals surface area contributed by atoms with Gasteiger partial charge in [0.1, 0.15) is 0 Å². The first-order chi connectivity index (χ1) is 8.69. The lowest BCUT2D eigenvalue weighted by Crippen LogP contribution is -2.41. The third-order valence-corrected chi connectivity index (χ3v) is 4.20. The number of nitrogens with one attached hydrogen (secondary N) is 1. The van der Waals surface area contributed by atoms with Crippen molar-refractivity contribution >= 4 is 0 Å². The number of fused-ring (bicyclic) bond motifs is 2. The summed E-state index contributed by atoms with van der Waals surface area (Å²) in [7, 11) is 0. The average molecular weight is 245 g/mol. The third kappa shape index (κ3) is 2.76. The minimum Gasteiger partial charge on any atom is -0.373 e. The Morgan fingerprint density at radius 1 is 1.06 bits per heavy atom. The molecular weight excluding hydrogens is 222 g/mol. The maximum atomic E-state index is 6.12. The second kappa shape index (κ2) is 5.02. The van der Waals surface area contributed by atoms with Gasteiger partial charge in [0, 0.05) is 12.1 Å². The Labute approximate surface area is 110 Å². The van der Waals surface area contributed by atoms with Gasteiger partial charge < -0.3 is 10.1 Å². The van der Waals surface area contributed by atoms with Crippen molar-refractivity contribution in [2.45, 2.75) is 64.3 Å². The second-order valence-corrected chi connectivity index (χ2v) is 6.04. The van der Waals surface area contributed by atoms with E-state index >= 15 is 0 Å². The van der Waals surface area contributed by atoms with E-state index in [1.54, 1.807) is 0 Å². The van der Waals surface area contributed by atoms with Crippen LogP contribution in [-0.2, 0) is 11.3 Å². The zero-order chi connectivity index (χ0) is 12.5. The van der Waals surface area contributed by atoms with E-state index in [1.165, 1.54) is 42.4 Å². The number of piperidine rings is 1. The summed E-state index contributed by atoms with van der Waals surface area (Å²) in [5.41, 5.74) is 3.98. The predicted octanol–water partition coefficient (Wildman–Crippen LogP) is 3.10. The molecule has 2 unspecified atom stereocenters. The molecule has 0 saturated carbocycles. The quantitative estimate of drug-likeness (QED) is 0.883. The molecule has 1 aromatic carbocycles. The number of hydrogen-bond acceptors (Lipinski definition) is 2. The van der Waals surface area contributed by atoms with Crippen LogP contribution >= 0.6 is 0 Å². The van der Waals surface area contributed by atoms with Crippen molar-refractivity contribution < 1.29 is 4.74 Å². The molecule has 1 aromatic rings. The summed E-state index contributed by atoms with van der Waals surface area (Å²) in [6.45, 7) is 5.08. The topological polar surface area (TPSA) is 21.3 Å². The zero-order valence-electron chi connectivity index (χ0n) is 11.4. The van der Waals surface area contributed by atoms with Gasteiger partial charge in [-0.2, -0.15) is 0 Å². The molecule has 0 radical (unpaired) electrons. The molecule has 2 heteroatoms. The van der Waals surface area contributed by atoms with E-state index < -0.39 is 0 Å². The van der Waals surface area contributed by atoms with Crippen molar-refractivity contribution in [3.05, 3.63) is 34.9 Å². The molecule has 2 aliphatic rings. The molecule has 0 spiro atoms. The Balaban J connectivity index is 1.57. The van der Waals surface area contributed by atoms with Gasteiger partial charge in [-0.1, -0.05) is 29.3 Å². The van der Waals surface area contributed by atoms with Crippen molar-refractivity contribution in [1.29, 1.82) is 0 Å². The van der Waals surface area contributed by atoms with E-state index in [4.69, 9.17) is 4.74 Å². The summed E-state index contributed by atoms with van der Waals surface area (Å²) in [5, 5.41) is 3.66. The van der Waals surface area contributed by atoms with Crippen molar-refractivity contribution in [3.63, 3.8) is 0 Å². The molecule has 0 amide bonds. The molecular formula is C16H23NO. The van der Waals surface area contributed by atoms with Crippen molar-refractivity contribution in [1.82, 2.24) is 5.32 Å². The number of ether oxygens (including phenoxy) is 1. The predicted molar refractivity (Wildman–Crippen MR) is 73.7 cm³/mol. The fourth-order valence-corrected chi connectivity index (χ4v) is 3.51. The van der Waals surface area contributed by atoms with Crippen molar-refractivity contribution in [3.8, 4) is 0 Å². The lowest BCUT2D eigenvalue weighted by atomic mass is 10.0. The number of aryl methyl sites for hydroxylation is 2. The summed E-state index contributed by atoms with van der Waals surface area (Å²) in [4.78, 5) is 0. The summed E-state index contributed by atoms with van der Waals surface area (Å²) in [6, 6.07) is 8.13. The molecule has 3 rings (SSSR count). The zero-order valence-corrected chi connectivity index (χ0v) is 11.4. The van der Waals surface area contributed by atoms with Gasteiger partial charge in [-0.3, -0.25) is 0 Å². The van der Waals surface area contributed by atoms with Crippen LogP contribution in [0.4, 0.5) is 0 Å². The van der Waals surface area contributed by atoms with E-state index in [0.717, 1.165) is 6.61 Å². The van der Waals surface area contributed by atoms with Crippen molar-refractivity contribution in [2.75, 3.05) is 0 Å². The van der Waals surface area contributed by atoms with Gasteiger partial charge in [0.05, 0.1) is 12.7 Å². The lowest BCUT2D eigenvalue weighted by molar-refractivity contribution is 0.00913. The molecule has 0 aromatic heterocycles. The van der Waals surface area contributed by atoms with Crippen LogP contribution in [0.1, 0.15) is 42.4 Å². The molecule has 1 N–H and O–H groups in total. The minimum atomic E-state index is 0.463. The first-order valence-electron chi connectivity index (χ1n) is 7.14. The van der Waals surface area contributed by atoms with Crippen LogP contribution in [0.15, 0.2) is 18.2 Å². The second-order valence-electron chi connectivity index (χ2n) is 6.04. The maximum absolute atomic E-state index is 6.12. The highest BCUT2D eigenvalue weighted by Crippen LogP contribution is 2.29. The highest BCUT2D eigenvalue weighted by atomic mass is 16.5. The molecule has 2 fully saturated rings. The van der Waals surface area contributed by atoms with E-state index in [-0.39, 0.29) is 0 Å². The Kier molecular flexibility index (Phi) is 3.40. The Morgan fingerprint density at radius 2 is 1.67 bits per heavy atom. The van der Waals surface area contributed by atoms with Crippen LogP contribution in [-0.4, -0.2) is 18.2 Å². The van der Waals surface area contributed by atoms with Gasteiger partial charge in [0.25, 0.3) is 0 Å². The number of rotatable bonds is 3. The summed E-state index contributed by atoms with van der Waals surface area (Å²) in [5.74, 6) is 0. The van der Waals surface area contributed by atoms with E-state index in [9.17, 15) is 0 Å². The van der Waals surface area contributed by atoms with Crippen molar-refractivity contribution in [2.24, 2.45) is 0 Å².